The highest BCUT2D eigenvalue weighted by Crippen LogP contribution is 2.30. The van der Waals surface area contributed by atoms with E-state index in [-0.39, 0.29) is 5.56 Å². The van der Waals surface area contributed by atoms with Crippen molar-refractivity contribution in [2.75, 3.05) is 19.8 Å². The first kappa shape index (κ1) is 14.6. The van der Waals surface area contributed by atoms with Gasteiger partial charge in [0, 0.05) is 6.92 Å². The molecule has 1 aliphatic heterocycles. The molecule has 0 bridgehead atoms. The number of carbonyl (C=O) groups is 3. The SMILES string of the molecule is CC(=O)NNC(=O)COC(=O)c1ccc2c(c1)OCCO2. The van der Waals surface area contributed by atoms with E-state index < -0.39 is 24.4 Å². The molecule has 0 fully saturated rings. The Labute approximate surface area is 120 Å². The minimum absolute atomic E-state index is 0.242. The van der Waals surface area contributed by atoms with Gasteiger partial charge in [-0.2, -0.15) is 0 Å². The van der Waals surface area contributed by atoms with E-state index in [2.05, 4.69) is 10.9 Å². The van der Waals surface area contributed by atoms with E-state index >= 15 is 0 Å². The largest absolute Gasteiger partial charge is 0.486 e. The lowest BCUT2D eigenvalue weighted by Gasteiger charge is -2.18. The highest BCUT2D eigenvalue weighted by atomic mass is 16.6. The summed E-state index contributed by atoms with van der Waals surface area (Å²) >= 11 is 0. The van der Waals surface area contributed by atoms with Crippen LogP contribution in [-0.2, 0) is 14.3 Å². The van der Waals surface area contributed by atoms with Crippen LogP contribution in [-0.4, -0.2) is 37.6 Å². The van der Waals surface area contributed by atoms with Crippen LogP contribution in [0, 0.1) is 0 Å². The van der Waals surface area contributed by atoms with Crippen LogP contribution in [0.4, 0.5) is 0 Å². The fourth-order valence-corrected chi connectivity index (χ4v) is 1.58. The highest BCUT2D eigenvalue weighted by Gasteiger charge is 2.16. The van der Waals surface area contributed by atoms with Gasteiger partial charge in [-0.1, -0.05) is 0 Å². The summed E-state index contributed by atoms with van der Waals surface area (Å²) in [5.74, 6) is -0.734. The van der Waals surface area contributed by atoms with Gasteiger partial charge in [-0.15, -0.1) is 0 Å². The first-order valence-electron chi connectivity index (χ1n) is 6.18. The molecule has 112 valence electrons. The molecule has 0 aliphatic carbocycles. The molecule has 1 aromatic carbocycles. The Morgan fingerprint density at radius 2 is 1.86 bits per heavy atom. The van der Waals surface area contributed by atoms with Crippen LogP contribution in [0.15, 0.2) is 18.2 Å². The maximum Gasteiger partial charge on any atom is 0.338 e. The Morgan fingerprint density at radius 3 is 2.57 bits per heavy atom. The standard InChI is InChI=1S/C13H14N2O6/c1-8(16)14-15-12(17)7-21-13(18)9-2-3-10-11(6-9)20-5-4-19-10/h2-3,6H,4-5,7H2,1H3,(H,14,16)(H,15,17). The number of benzene rings is 1. The second kappa shape index (κ2) is 6.60. The Bertz CT molecular complexity index is 572. The third-order valence-electron chi connectivity index (χ3n) is 2.49. The van der Waals surface area contributed by atoms with Gasteiger partial charge in [0.05, 0.1) is 5.56 Å². The van der Waals surface area contributed by atoms with E-state index in [1.165, 1.54) is 19.1 Å². The van der Waals surface area contributed by atoms with Crippen LogP contribution in [0.1, 0.15) is 17.3 Å². The van der Waals surface area contributed by atoms with Gasteiger partial charge < -0.3 is 14.2 Å². The fraction of sp³-hybridized carbons (Fsp3) is 0.308. The molecule has 0 atom stereocenters. The van der Waals surface area contributed by atoms with Gasteiger partial charge in [0.15, 0.2) is 18.1 Å². The molecule has 1 aliphatic rings. The van der Waals surface area contributed by atoms with Crippen molar-refractivity contribution in [1.29, 1.82) is 0 Å². The van der Waals surface area contributed by atoms with E-state index in [9.17, 15) is 14.4 Å². The molecule has 0 saturated heterocycles. The first-order chi connectivity index (χ1) is 10.1. The predicted molar refractivity (Wildman–Crippen MR) is 69.7 cm³/mol. The number of hydrazine groups is 1. The van der Waals surface area contributed by atoms with Crippen molar-refractivity contribution in [3.05, 3.63) is 23.8 Å². The van der Waals surface area contributed by atoms with Crippen LogP contribution in [0.25, 0.3) is 0 Å². The molecule has 2 N–H and O–H groups in total. The van der Waals surface area contributed by atoms with E-state index in [1.807, 2.05) is 0 Å². The minimum atomic E-state index is -0.676. The molecule has 8 nitrogen and oxygen atoms in total. The quantitative estimate of drug-likeness (QED) is 0.590. The van der Waals surface area contributed by atoms with Gasteiger partial charge in [-0.25, -0.2) is 4.79 Å². The Kier molecular flexibility index (Phi) is 4.60. The maximum atomic E-state index is 11.8. The number of carbonyl (C=O) groups excluding carboxylic acids is 3. The van der Waals surface area contributed by atoms with Gasteiger partial charge >= 0.3 is 5.97 Å². The maximum absolute atomic E-state index is 11.8. The number of hydrogen-bond acceptors (Lipinski definition) is 6. The average molecular weight is 294 g/mol. The topological polar surface area (TPSA) is 103 Å². The van der Waals surface area contributed by atoms with Gasteiger partial charge in [0.25, 0.3) is 5.91 Å². The van der Waals surface area contributed by atoms with Gasteiger partial charge in [0.2, 0.25) is 5.91 Å². The molecule has 1 heterocycles. The van der Waals surface area contributed by atoms with Crippen molar-refractivity contribution in [2.45, 2.75) is 6.92 Å². The van der Waals surface area contributed by atoms with Gasteiger partial charge in [-0.3, -0.25) is 20.4 Å². The van der Waals surface area contributed by atoms with Crippen LogP contribution in [0.2, 0.25) is 0 Å². The number of amides is 2. The predicted octanol–water partition coefficient (Wildman–Crippen LogP) is -0.218. The summed E-state index contributed by atoms with van der Waals surface area (Å²) in [6.07, 6.45) is 0. The molecule has 21 heavy (non-hydrogen) atoms. The summed E-state index contributed by atoms with van der Waals surface area (Å²) in [5.41, 5.74) is 4.40. The fourth-order valence-electron chi connectivity index (χ4n) is 1.58. The van der Waals surface area contributed by atoms with Crippen molar-refractivity contribution < 1.29 is 28.6 Å². The molecule has 1 aromatic rings. The Balaban J connectivity index is 1.88. The number of rotatable bonds is 3. The van der Waals surface area contributed by atoms with E-state index in [0.717, 1.165) is 0 Å². The molecule has 2 amide bonds. The molecule has 0 unspecified atom stereocenters. The molecule has 2 rings (SSSR count). The van der Waals surface area contributed by atoms with Crippen LogP contribution in [0.5, 0.6) is 11.5 Å². The zero-order valence-electron chi connectivity index (χ0n) is 11.3. The molecule has 0 saturated carbocycles. The Morgan fingerprint density at radius 1 is 1.14 bits per heavy atom. The third kappa shape index (κ3) is 4.10. The molecular formula is C13H14N2O6. The van der Waals surface area contributed by atoms with E-state index in [4.69, 9.17) is 14.2 Å². The first-order valence-corrected chi connectivity index (χ1v) is 6.18. The molecule has 8 heteroatoms. The molecule has 0 aromatic heterocycles. The van der Waals surface area contributed by atoms with Crippen molar-refractivity contribution in [3.8, 4) is 11.5 Å². The van der Waals surface area contributed by atoms with Crippen LogP contribution in [0.3, 0.4) is 0 Å². The average Bonchev–Trinajstić information content (AvgIpc) is 2.50. The van der Waals surface area contributed by atoms with Crippen molar-refractivity contribution >= 4 is 17.8 Å². The molecule has 0 radical (unpaired) electrons. The highest BCUT2D eigenvalue weighted by molar-refractivity contribution is 5.92. The van der Waals surface area contributed by atoms with Gasteiger partial charge in [0.1, 0.15) is 13.2 Å². The summed E-state index contributed by atoms with van der Waals surface area (Å²) in [6.45, 7) is 1.60. The van der Waals surface area contributed by atoms with Crippen molar-refractivity contribution in [1.82, 2.24) is 10.9 Å². The second-order valence-corrected chi connectivity index (χ2v) is 4.16. The number of fused-ring (bicyclic) bond motifs is 1. The lowest BCUT2D eigenvalue weighted by atomic mass is 10.2. The number of nitrogens with one attached hydrogen (secondary N) is 2. The van der Waals surface area contributed by atoms with Gasteiger partial charge in [-0.05, 0) is 18.2 Å². The zero-order chi connectivity index (χ0) is 15.2. The third-order valence-corrected chi connectivity index (χ3v) is 2.49. The Hall–Kier alpha value is -2.77. The van der Waals surface area contributed by atoms with Crippen molar-refractivity contribution in [2.24, 2.45) is 0 Å². The summed E-state index contributed by atoms with van der Waals surface area (Å²) in [6, 6.07) is 4.60. The summed E-state index contributed by atoms with van der Waals surface area (Å²) in [4.78, 5) is 33.6. The molecule has 0 spiro atoms. The van der Waals surface area contributed by atoms with Crippen LogP contribution >= 0.6 is 0 Å². The van der Waals surface area contributed by atoms with Crippen molar-refractivity contribution in [3.63, 3.8) is 0 Å². The smallest absolute Gasteiger partial charge is 0.338 e. The minimum Gasteiger partial charge on any atom is -0.486 e. The zero-order valence-corrected chi connectivity index (χ0v) is 11.3. The monoisotopic (exact) mass is 294 g/mol. The number of esters is 1. The molecular weight excluding hydrogens is 280 g/mol. The lowest BCUT2D eigenvalue weighted by Crippen LogP contribution is -2.42. The lowest BCUT2D eigenvalue weighted by molar-refractivity contribution is -0.129. The van der Waals surface area contributed by atoms with E-state index in [0.29, 0.717) is 24.7 Å². The number of hydrogen-bond donors (Lipinski definition) is 2. The second-order valence-electron chi connectivity index (χ2n) is 4.16. The number of ether oxygens (including phenoxy) is 3. The van der Waals surface area contributed by atoms with Crippen LogP contribution < -0.4 is 20.3 Å². The normalized spacial score (nSPS) is 12.2. The summed E-state index contributed by atoms with van der Waals surface area (Å²) < 4.78 is 15.5. The van der Waals surface area contributed by atoms with E-state index in [1.54, 1.807) is 6.07 Å². The summed E-state index contributed by atoms with van der Waals surface area (Å²) in [7, 11) is 0. The summed E-state index contributed by atoms with van der Waals surface area (Å²) in [5, 5.41) is 0.